The van der Waals surface area contributed by atoms with Crippen molar-refractivity contribution in [2.45, 2.75) is 51.0 Å². The van der Waals surface area contributed by atoms with Gasteiger partial charge in [-0.25, -0.2) is 12.7 Å². The summed E-state index contributed by atoms with van der Waals surface area (Å²) >= 11 is 0. The minimum atomic E-state index is -3.49. The highest BCUT2D eigenvalue weighted by Gasteiger charge is 2.33. The number of aryl methyl sites for hydroxylation is 2. The maximum atomic E-state index is 13.4. The van der Waals surface area contributed by atoms with Crippen LogP contribution in [0.2, 0.25) is 0 Å². The molecule has 28 heavy (non-hydrogen) atoms. The number of hydrogen-bond donors (Lipinski definition) is 0. The van der Waals surface area contributed by atoms with Crippen molar-refractivity contribution >= 4 is 21.6 Å². The molecule has 0 saturated heterocycles. The molecule has 1 aliphatic rings. The molecule has 1 amide bonds. The Labute approximate surface area is 167 Å². The van der Waals surface area contributed by atoms with Crippen LogP contribution < -0.4 is 4.90 Å². The Morgan fingerprint density at radius 2 is 1.96 bits per heavy atom. The third-order valence-corrected chi connectivity index (χ3v) is 6.99. The Kier molecular flexibility index (Phi) is 5.63. The van der Waals surface area contributed by atoms with E-state index in [2.05, 4.69) is 12.0 Å². The van der Waals surface area contributed by atoms with E-state index in [0.29, 0.717) is 19.4 Å². The molecule has 2 aromatic rings. The number of aromatic nitrogens is 2. The monoisotopic (exact) mass is 404 g/mol. The molecule has 1 aliphatic heterocycles. The molecule has 0 saturated carbocycles. The SMILES string of the molecule is CCCC(C(=O)N1CCc2cc(S(=O)(=O)N(C)C)ccc21)n1nc(C)cc1C. The summed E-state index contributed by atoms with van der Waals surface area (Å²) in [6.07, 6.45) is 2.23. The van der Waals surface area contributed by atoms with E-state index in [1.165, 1.54) is 18.4 Å². The smallest absolute Gasteiger partial charge is 0.251 e. The van der Waals surface area contributed by atoms with E-state index in [1.54, 1.807) is 23.1 Å². The van der Waals surface area contributed by atoms with Gasteiger partial charge in [-0.3, -0.25) is 9.48 Å². The number of rotatable bonds is 6. The van der Waals surface area contributed by atoms with Crippen LogP contribution >= 0.6 is 0 Å². The number of benzene rings is 1. The third-order valence-electron chi connectivity index (χ3n) is 5.18. The normalized spacial score (nSPS) is 15.1. The van der Waals surface area contributed by atoms with Crippen LogP contribution in [-0.4, -0.2) is 49.1 Å². The van der Waals surface area contributed by atoms with E-state index in [-0.39, 0.29) is 16.8 Å². The van der Waals surface area contributed by atoms with Crippen molar-refractivity contribution in [3.63, 3.8) is 0 Å². The molecule has 0 aliphatic carbocycles. The number of hydrogen-bond acceptors (Lipinski definition) is 4. The molecule has 1 aromatic carbocycles. The van der Waals surface area contributed by atoms with Gasteiger partial charge < -0.3 is 4.90 Å². The zero-order valence-corrected chi connectivity index (χ0v) is 18.0. The fourth-order valence-electron chi connectivity index (χ4n) is 3.74. The largest absolute Gasteiger partial charge is 0.310 e. The summed E-state index contributed by atoms with van der Waals surface area (Å²) in [7, 11) is -0.459. The van der Waals surface area contributed by atoms with Crippen LogP contribution in [0.25, 0.3) is 0 Å². The molecule has 0 bridgehead atoms. The van der Waals surface area contributed by atoms with E-state index in [9.17, 15) is 13.2 Å². The fourth-order valence-corrected chi connectivity index (χ4v) is 4.70. The molecule has 1 atom stereocenters. The van der Waals surface area contributed by atoms with Crippen LogP contribution in [0.1, 0.15) is 42.8 Å². The number of amides is 1. The van der Waals surface area contributed by atoms with Gasteiger partial charge in [-0.2, -0.15) is 5.10 Å². The maximum absolute atomic E-state index is 13.4. The lowest BCUT2D eigenvalue weighted by Crippen LogP contribution is -2.37. The lowest BCUT2D eigenvalue weighted by atomic mass is 10.1. The van der Waals surface area contributed by atoms with Gasteiger partial charge in [-0.05, 0) is 56.5 Å². The van der Waals surface area contributed by atoms with E-state index in [4.69, 9.17) is 0 Å². The maximum Gasteiger partial charge on any atom is 0.251 e. The first kappa shape index (κ1) is 20.5. The summed E-state index contributed by atoms with van der Waals surface area (Å²) in [4.78, 5) is 15.4. The predicted molar refractivity (Wildman–Crippen MR) is 109 cm³/mol. The summed E-state index contributed by atoms with van der Waals surface area (Å²) in [5.41, 5.74) is 3.55. The molecule has 8 heteroatoms. The van der Waals surface area contributed by atoms with Gasteiger partial charge in [0.25, 0.3) is 5.91 Å². The first-order valence-electron chi connectivity index (χ1n) is 9.56. The number of sulfonamides is 1. The molecule has 152 valence electrons. The van der Waals surface area contributed by atoms with Crippen LogP contribution in [0.15, 0.2) is 29.2 Å². The number of anilines is 1. The Hall–Kier alpha value is -2.19. The zero-order chi connectivity index (χ0) is 20.6. The summed E-state index contributed by atoms with van der Waals surface area (Å²) in [6, 6.07) is 6.65. The quantitative estimate of drug-likeness (QED) is 0.742. The Morgan fingerprint density at radius 3 is 2.54 bits per heavy atom. The molecule has 1 aromatic heterocycles. The summed E-state index contributed by atoms with van der Waals surface area (Å²) < 4.78 is 27.8. The second-order valence-corrected chi connectivity index (χ2v) is 9.65. The number of nitrogens with zero attached hydrogens (tertiary/aromatic N) is 4. The molecule has 0 N–H and O–H groups in total. The molecule has 0 spiro atoms. The predicted octanol–water partition coefficient (Wildman–Crippen LogP) is 2.68. The third kappa shape index (κ3) is 3.58. The second-order valence-electron chi connectivity index (χ2n) is 7.49. The van der Waals surface area contributed by atoms with Crippen molar-refractivity contribution in [2.75, 3.05) is 25.5 Å². The molecule has 0 radical (unpaired) electrons. The highest BCUT2D eigenvalue weighted by atomic mass is 32.2. The van der Waals surface area contributed by atoms with Gasteiger partial charge in [-0.15, -0.1) is 0 Å². The standard InChI is InChI=1S/C20H28N4O3S/c1-6-7-19(24-15(3)12-14(2)21-24)20(25)23-11-10-16-13-17(8-9-18(16)23)28(26,27)22(4)5/h8-9,12-13,19H,6-7,10-11H2,1-5H3. The van der Waals surface area contributed by atoms with Gasteiger partial charge in [-0.1, -0.05) is 13.3 Å². The minimum absolute atomic E-state index is 0.00927. The van der Waals surface area contributed by atoms with E-state index in [0.717, 1.165) is 29.1 Å². The van der Waals surface area contributed by atoms with Crippen molar-refractivity contribution in [1.82, 2.24) is 14.1 Å². The lowest BCUT2D eigenvalue weighted by Gasteiger charge is -2.25. The number of carbonyl (C=O) groups is 1. The van der Waals surface area contributed by atoms with Crippen molar-refractivity contribution in [1.29, 1.82) is 0 Å². The van der Waals surface area contributed by atoms with E-state index >= 15 is 0 Å². The van der Waals surface area contributed by atoms with Gasteiger partial charge in [0.1, 0.15) is 6.04 Å². The summed E-state index contributed by atoms with van der Waals surface area (Å²) in [5, 5.41) is 4.53. The van der Waals surface area contributed by atoms with Crippen molar-refractivity contribution < 1.29 is 13.2 Å². The van der Waals surface area contributed by atoms with Crippen LogP contribution in [0, 0.1) is 13.8 Å². The molecule has 2 heterocycles. The highest BCUT2D eigenvalue weighted by molar-refractivity contribution is 7.89. The lowest BCUT2D eigenvalue weighted by molar-refractivity contribution is -0.122. The average Bonchev–Trinajstić information content (AvgIpc) is 3.21. The topological polar surface area (TPSA) is 75.5 Å². The van der Waals surface area contributed by atoms with Crippen LogP contribution in [-0.2, 0) is 21.2 Å². The highest BCUT2D eigenvalue weighted by Crippen LogP contribution is 2.33. The van der Waals surface area contributed by atoms with Gasteiger partial charge in [0.2, 0.25) is 10.0 Å². The number of fused-ring (bicyclic) bond motifs is 1. The summed E-state index contributed by atoms with van der Waals surface area (Å²) in [5.74, 6) is 0.00927. The van der Waals surface area contributed by atoms with Gasteiger partial charge >= 0.3 is 0 Å². The van der Waals surface area contributed by atoms with Crippen molar-refractivity contribution in [3.05, 3.63) is 41.2 Å². The fraction of sp³-hybridized carbons (Fsp3) is 0.500. The Bertz CT molecular complexity index is 995. The van der Waals surface area contributed by atoms with Crippen molar-refractivity contribution in [2.24, 2.45) is 0 Å². The van der Waals surface area contributed by atoms with Crippen molar-refractivity contribution in [3.8, 4) is 0 Å². The summed E-state index contributed by atoms with van der Waals surface area (Å²) in [6.45, 7) is 6.50. The first-order valence-corrected chi connectivity index (χ1v) is 11.0. The Balaban J connectivity index is 1.94. The van der Waals surface area contributed by atoms with E-state index < -0.39 is 10.0 Å². The van der Waals surface area contributed by atoms with Crippen LogP contribution in [0.4, 0.5) is 5.69 Å². The minimum Gasteiger partial charge on any atom is -0.310 e. The number of carbonyl (C=O) groups excluding carboxylic acids is 1. The molecule has 7 nitrogen and oxygen atoms in total. The zero-order valence-electron chi connectivity index (χ0n) is 17.1. The van der Waals surface area contributed by atoms with Gasteiger partial charge in [0.05, 0.1) is 10.6 Å². The molecule has 1 unspecified atom stereocenters. The average molecular weight is 405 g/mol. The second kappa shape index (κ2) is 7.67. The van der Waals surface area contributed by atoms with Gasteiger partial charge in [0.15, 0.2) is 0 Å². The van der Waals surface area contributed by atoms with Gasteiger partial charge in [0, 0.05) is 32.0 Å². The molecular weight excluding hydrogens is 376 g/mol. The van der Waals surface area contributed by atoms with Crippen LogP contribution in [0.5, 0.6) is 0 Å². The van der Waals surface area contributed by atoms with Crippen LogP contribution in [0.3, 0.4) is 0 Å². The molecular formula is C20H28N4O3S. The Morgan fingerprint density at radius 1 is 1.25 bits per heavy atom. The molecule has 0 fully saturated rings. The molecule has 3 rings (SSSR count). The van der Waals surface area contributed by atoms with E-state index in [1.807, 2.05) is 24.6 Å². The first-order chi connectivity index (χ1) is 13.2.